The molecule has 1 aliphatic rings. The zero-order valence-electron chi connectivity index (χ0n) is 11.0. The maximum Gasteiger partial charge on any atom is 0.0630 e. The van der Waals surface area contributed by atoms with Crippen LogP contribution in [0.2, 0.25) is 0 Å². The van der Waals surface area contributed by atoms with E-state index in [1.165, 1.54) is 31.4 Å². The molecule has 0 radical (unpaired) electrons. The lowest BCUT2D eigenvalue weighted by atomic mass is 9.85. The molecular weight excluding hydrogens is 232 g/mol. The van der Waals surface area contributed by atoms with Gasteiger partial charge >= 0.3 is 0 Å². The first kappa shape index (κ1) is 12.9. The first-order chi connectivity index (χ1) is 8.17. The van der Waals surface area contributed by atoms with Gasteiger partial charge in [-0.3, -0.25) is 4.68 Å². The molecule has 1 fully saturated rings. The lowest BCUT2D eigenvalue weighted by Crippen LogP contribution is -2.21. The highest BCUT2D eigenvalue weighted by molar-refractivity contribution is 6.18. The van der Waals surface area contributed by atoms with Crippen molar-refractivity contribution in [3.8, 4) is 0 Å². The number of nitrogens with zero attached hydrogens (tertiary/aromatic N) is 2. The third-order valence-electron chi connectivity index (χ3n) is 4.15. The molecule has 0 N–H and O–H groups in total. The molecule has 0 saturated heterocycles. The highest BCUT2D eigenvalue weighted by atomic mass is 35.5. The van der Waals surface area contributed by atoms with Crippen molar-refractivity contribution in [2.24, 2.45) is 5.41 Å². The fourth-order valence-corrected chi connectivity index (χ4v) is 2.83. The average Bonchev–Trinajstić information content (AvgIpc) is 2.98. The van der Waals surface area contributed by atoms with Gasteiger partial charge in [-0.2, -0.15) is 5.10 Å². The normalized spacial score (nSPS) is 20.6. The summed E-state index contributed by atoms with van der Waals surface area (Å²) in [5.41, 5.74) is 1.39. The summed E-state index contributed by atoms with van der Waals surface area (Å²) < 4.78 is 2.17. The predicted molar refractivity (Wildman–Crippen MR) is 72.6 cm³/mol. The molecule has 0 aromatic carbocycles. The molecule has 17 heavy (non-hydrogen) atoms. The van der Waals surface area contributed by atoms with Gasteiger partial charge in [0.25, 0.3) is 0 Å². The number of hydrogen-bond donors (Lipinski definition) is 0. The van der Waals surface area contributed by atoms with Crippen molar-refractivity contribution in [3.05, 3.63) is 18.0 Å². The van der Waals surface area contributed by atoms with Crippen LogP contribution in [0.5, 0.6) is 0 Å². The predicted octanol–water partition coefficient (Wildman–Crippen LogP) is 4.20. The van der Waals surface area contributed by atoms with Crippen LogP contribution in [0, 0.1) is 5.41 Å². The number of halogens is 1. The Hall–Kier alpha value is -0.500. The molecule has 1 aromatic heterocycles. The van der Waals surface area contributed by atoms with E-state index < -0.39 is 0 Å². The number of aromatic nitrogens is 2. The van der Waals surface area contributed by atoms with Gasteiger partial charge in [0.15, 0.2) is 0 Å². The van der Waals surface area contributed by atoms with E-state index in [9.17, 15) is 0 Å². The van der Waals surface area contributed by atoms with Gasteiger partial charge in [-0.1, -0.05) is 26.7 Å². The van der Waals surface area contributed by atoms with Gasteiger partial charge in [0.2, 0.25) is 0 Å². The van der Waals surface area contributed by atoms with E-state index in [1.54, 1.807) is 0 Å². The van der Waals surface area contributed by atoms with Crippen LogP contribution < -0.4 is 0 Å². The summed E-state index contributed by atoms with van der Waals surface area (Å²) in [7, 11) is 0. The second kappa shape index (κ2) is 5.43. The Morgan fingerprint density at radius 2 is 2.18 bits per heavy atom. The van der Waals surface area contributed by atoms with E-state index in [0.29, 0.717) is 11.9 Å². The standard InChI is InChI=1S/C14H23ClN2/c1-3-14(2,11-15)10-12-8-9-17(16-12)13-6-4-5-7-13/h8-9,13H,3-7,10-11H2,1-2H3. The van der Waals surface area contributed by atoms with Gasteiger partial charge in [-0.25, -0.2) is 0 Å². The molecule has 0 spiro atoms. The monoisotopic (exact) mass is 254 g/mol. The van der Waals surface area contributed by atoms with Crippen LogP contribution >= 0.6 is 11.6 Å². The average molecular weight is 255 g/mol. The zero-order chi connectivity index (χ0) is 12.3. The van der Waals surface area contributed by atoms with Crippen molar-refractivity contribution in [2.45, 2.75) is 58.4 Å². The summed E-state index contributed by atoms with van der Waals surface area (Å²) in [5.74, 6) is 0.708. The minimum absolute atomic E-state index is 0.191. The molecule has 1 aliphatic carbocycles. The second-order valence-corrected chi connectivity index (χ2v) is 5.97. The van der Waals surface area contributed by atoms with E-state index in [1.807, 2.05) is 0 Å². The highest BCUT2D eigenvalue weighted by Crippen LogP contribution is 2.30. The van der Waals surface area contributed by atoms with Crippen LogP contribution in [0.25, 0.3) is 0 Å². The van der Waals surface area contributed by atoms with Gasteiger partial charge in [0.1, 0.15) is 0 Å². The van der Waals surface area contributed by atoms with E-state index in [0.717, 1.165) is 12.8 Å². The summed E-state index contributed by atoms with van der Waals surface area (Å²) in [4.78, 5) is 0. The van der Waals surface area contributed by atoms with Crippen molar-refractivity contribution in [3.63, 3.8) is 0 Å². The summed E-state index contributed by atoms with van der Waals surface area (Å²) >= 11 is 6.06. The Balaban J connectivity index is 2.02. The van der Waals surface area contributed by atoms with Crippen LogP contribution in [0.1, 0.15) is 57.7 Å². The lowest BCUT2D eigenvalue weighted by Gasteiger charge is -2.24. The Morgan fingerprint density at radius 3 is 2.76 bits per heavy atom. The summed E-state index contributed by atoms with van der Waals surface area (Å²) in [6, 6.07) is 2.81. The zero-order valence-corrected chi connectivity index (χ0v) is 11.7. The number of alkyl halides is 1. The minimum Gasteiger partial charge on any atom is -0.269 e. The first-order valence-corrected chi connectivity index (χ1v) is 7.30. The van der Waals surface area contributed by atoms with Crippen LogP contribution in [-0.4, -0.2) is 15.7 Å². The highest BCUT2D eigenvalue weighted by Gasteiger charge is 2.23. The smallest absolute Gasteiger partial charge is 0.0630 e. The van der Waals surface area contributed by atoms with Gasteiger partial charge in [-0.15, -0.1) is 11.6 Å². The largest absolute Gasteiger partial charge is 0.269 e. The van der Waals surface area contributed by atoms with Gasteiger partial charge in [0.05, 0.1) is 11.7 Å². The van der Waals surface area contributed by atoms with Crippen molar-refractivity contribution in [1.82, 2.24) is 9.78 Å². The van der Waals surface area contributed by atoms with Crippen molar-refractivity contribution in [2.75, 3.05) is 5.88 Å². The quantitative estimate of drug-likeness (QED) is 0.721. The SMILES string of the molecule is CCC(C)(CCl)Cc1ccn(C2CCCC2)n1. The molecule has 96 valence electrons. The van der Waals surface area contributed by atoms with Crippen LogP contribution in [0.15, 0.2) is 12.3 Å². The van der Waals surface area contributed by atoms with Gasteiger partial charge in [-0.05, 0) is 37.2 Å². The van der Waals surface area contributed by atoms with Gasteiger partial charge < -0.3 is 0 Å². The summed E-state index contributed by atoms with van der Waals surface area (Å²) in [6.45, 7) is 4.45. The van der Waals surface area contributed by atoms with Crippen molar-refractivity contribution in [1.29, 1.82) is 0 Å². The third kappa shape index (κ3) is 3.04. The van der Waals surface area contributed by atoms with Crippen LogP contribution in [0.3, 0.4) is 0 Å². The van der Waals surface area contributed by atoms with Crippen molar-refractivity contribution < 1.29 is 0 Å². The Bertz CT molecular complexity index is 349. The van der Waals surface area contributed by atoms with Crippen LogP contribution in [0.4, 0.5) is 0 Å². The molecule has 0 amide bonds. The molecule has 1 heterocycles. The molecule has 1 saturated carbocycles. The van der Waals surface area contributed by atoms with E-state index in [2.05, 4.69) is 30.8 Å². The maximum absolute atomic E-state index is 6.06. The molecule has 1 atom stereocenters. The summed E-state index contributed by atoms with van der Waals surface area (Å²) in [6.07, 6.45) is 9.54. The Labute approximate surface area is 109 Å². The first-order valence-electron chi connectivity index (χ1n) is 6.77. The van der Waals surface area contributed by atoms with Crippen LogP contribution in [-0.2, 0) is 6.42 Å². The minimum atomic E-state index is 0.191. The molecule has 2 rings (SSSR count). The van der Waals surface area contributed by atoms with Crippen molar-refractivity contribution >= 4 is 11.6 Å². The number of hydrogen-bond acceptors (Lipinski definition) is 1. The summed E-state index contributed by atoms with van der Waals surface area (Å²) in [5, 5.41) is 4.73. The topological polar surface area (TPSA) is 17.8 Å². The molecule has 1 unspecified atom stereocenters. The third-order valence-corrected chi connectivity index (χ3v) is 4.79. The molecule has 0 bridgehead atoms. The molecule has 3 heteroatoms. The lowest BCUT2D eigenvalue weighted by molar-refractivity contribution is 0.347. The molecule has 1 aromatic rings. The van der Waals surface area contributed by atoms with E-state index >= 15 is 0 Å². The second-order valence-electron chi connectivity index (χ2n) is 5.70. The number of rotatable bonds is 5. The van der Waals surface area contributed by atoms with Gasteiger partial charge in [0, 0.05) is 12.1 Å². The van der Waals surface area contributed by atoms with E-state index in [4.69, 9.17) is 16.7 Å². The van der Waals surface area contributed by atoms with E-state index in [-0.39, 0.29) is 5.41 Å². The Kier molecular flexibility index (Phi) is 4.13. The fraction of sp³-hybridized carbons (Fsp3) is 0.786. The molecule has 2 nitrogen and oxygen atoms in total. The molecule has 0 aliphatic heterocycles. The maximum atomic E-state index is 6.06. The molecular formula is C14H23ClN2. The Morgan fingerprint density at radius 1 is 1.47 bits per heavy atom. The fourth-order valence-electron chi connectivity index (χ4n) is 2.55.